The van der Waals surface area contributed by atoms with Crippen LogP contribution in [0.25, 0.3) is 6.08 Å². The SMILES string of the molecule is N[C@@H](COC(=O)/C=C/c1ccccc1)C(=O)O. The predicted molar refractivity (Wildman–Crippen MR) is 62.0 cm³/mol. The lowest BCUT2D eigenvalue weighted by molar-refractivity contribution is -0.144. The highest BCUT2D eigenvalue weighted by Crippen LogP contribution is 2.01. The van der Waals surface area contributed by atoms with Gasteiger partial charge in [-0.25, -0.2) is 4.79 Å². The normalized spacial score (nSPS) is 12.3. The van der Waals surface area contributed by atoms with Gasteiger partial charge in [0.05, 0.1) is 0 Å². The Kier molecular flexibility index (Phi) is 4.90. The molecule has 0 saturated carbocycles. The highest BCUT2D eigenvalue weighted by Gasteiger charge is 2.12. The van der Waals surface area contributed by atoms with E-state index in [0.717, 1.165) is 5.56 Å². The molecule has 0 spiro atoms. The van der Waals surface area contributed by atoms with Crippen molar-refractivity contribution in [2.75, 3.05) is 6.61 Å². The fourth-order valence-electron chi connectivity index (χ4n) is 1.02. The van der Waals surface area contributed by atoms with Gasteiger partial charge in [0.15, 0.2) is 0 Å². The van der Waals surface area contributed by atoms with Gasteiger partial charge >= 0.3 is 11.9 Å². The summed E-state index contributed by atoms with van der Waals surface area (Å²) in [7, 11) is 0. The van der Waals surface area contributed by atoms with Gasteiger partial charge in [0.1, 0.15) is 12.6 Å². The quantitative estimate of drug-likeness (QED) is 0.578. The smallest absolute Gasteiger partial charge is 0.330 e. The summed E-state index contributed by atoms with van der Waals surface area (Å²) in [5.74, 6) is -1.82. The van der Waals surface area contributed by atoms with Gasteiger partial charge < -0.3 is 15.6 Å². The fourth-order valence-corrected chi connectivity index (χ4v) is 1.02. The maximum absolute atomic E-state index is 11.2. The molecule has 1 atom stereocenters. The highest BCUT2D eigenvalue weighted by atomic mass is 16.5. The van der Waals surface area contributed by atoms with Crippen molar-refractivity contribution in [1.29, 1.82) is 0 Å². The molecule has 0 aromatic heterocycles. The number of hydrogen-bond donors (Lipinski definition) is 2. The maximum Gasteiger partial charge on any atom is 0.330 e. The number of nitrogens with two attached hydrogens (primary N) is 1. The predicted octanol–water partition coefficient (Wildman–Crippen LogP) is 0.655. The molecule has 1 rings (SSSR count). The second kappa shape index (κ2) is 6.44. The van der Waals surface area contributed by atoms with E-state index in [1.165, 1.54) is 6.08 Å². The molecule has 5 heteroatoms. The zero-order chi connectivity index (χ0) is 12.7. The first-order valence-electron chi connectivity index (χ1n) is 4.98. The molecule has 0 aliphatic rings. The lowest BCUT2D eigenvalue weighted by Gasteiger charge is -2.05. The van der Waals surface area contributed by atoms with Crippen LogP contribution in [0.4, 0.5) is 0 Å². The Morgan fingerprint density at radius 3 is 2.59 bits per heavy atom. The first-order valence-corrected chi connectivity index (χ1v) is 4.98. The molecule has 0 aliphatic heterocycles. The third-order valence-corrected chi connectivity index (χ3v) is 1.93. The molecule has 0 radical (unpaired) electrons. The molecule has 1 aromatic carbocycles. The summed E-state index contributed by atoms with van der Waals surface area (Å²) in [6, 6.07) is 8.00. The van der Waals surface area contributed by atoms with E-state index < -0.39 is 18.0 Å². The zero-order valence-corrected chi connectivity index (χ0v) is 9.08. The number of ether oxygens (including phenoxy) is 1. The van der Waals surface area contributed by atoms with E-state index >= 15 is 0 Å². The molecule has 0 heterocycles. The van der Waals surface area contributed by atoms with Crippen LogP contribution in [-0.4, -0.2) is 29.7 Å². The van der Waals surface area contributed by atoms with Gasteiger partial charge in [-0.2, -0.15) is 0 Å². The van der Waals surface area contributed by atoms with Gasteiger partial charge in [0.25, 0.3) is 0 Å². The Balaban J connectivity index is 2.40. The first kappa shape index (κ1) is 12.9. The zero-order valence-electron chi connectivity index (χ0n) is 9.08. The molecule has 5 nitrogen and oxygen atoms in total. The number of carbonyl (C=O) groups is 2. The van der Waals surface area contributed by atoms with Crippen molar-refractivity contribution >= 4 is 18.0 Å². The van der Waals surface area contributed by atoms with Crippen LogP contribution in [0.2, 0.25) is 0 Å². The summed E-state index contributed by atoms with van der Waals surface area (Å²) >= 11 is 0. The van der Waals surface area contributed by atoms with Gasteiger partial charge in [0, 0.05) is 6.08 Å². The molecule has 0 fully saturated rings. The molecule has 0 bridgehead atoms. The number of aliphatic carboxylic acids is 1. The average molecular weight is 235 g/mol. The summed E-state index contributed by atoms with van der Waals surface area (Å²) in [5.41, 5.74) is 6.02. The number of carboxylic acids is 1. The number of esters is 1. The van der Waals surface area contributed by atoms with Crippen LogP contribution in [0, 0.1) is 0 Å². The van der Waals surface area contributed by atoms with Crippen molar-refractivity contribution in [1.82, 2.24) is 0 Å². The van der Waals surface area contributed by atoms with Gasteiger partial charge in [-0.15, -0.1) is 0 Å². The van der Waals surface area contributed by atoms with Gasteiger partial charge in [0.2, 0.25) is 0 Å². The average Bonchev–Trinajstić information content (AvgIpc) is 2.34. The second-order valence-corrected chi connectivity index (χ2v) is 3.32. The molecule has 1 aromatic rings. The summed E-state index contributed by atoms with van der Waals surface area (Å²) in [6.07, 6.45) is 2.80. The monoisotopic (exact) mass is 235 g/mol. The van der Waals surface area contributed by atoms with E-state index in [0.29, 0.717) is 0 Å². The Bertz CT molecular complexity index is 414. The molecule has 3 N–H and O–H groups in total. The molecule has 0 amide bonds. The van der Waals surface area contributed by atoms with Crippen LogP contribution in [0.3, 0.4) is 0 Å². The minimum Gasteiger partial charge on any atom is -0.480 e. The van der Waals surface area contributed by atoms with Crippen LogP contribution in [0.1, 0.15) is 5.56 Å². The van der Waals surface area contributed by atoms with Gasteiger partial charge in [-0.05, 0) is 11.6 Å². The molecular weight excluding hydrogens is 222 g/mol. The van der Waals surface area contributed by atoms with Crippen LogP contribution in [0.15, 0.2) is 36.4 Å². The van der Waals surface area contributed by atoms with E-state index in [4.69, 9.17) is 10.8 Å². The van der Waals surface area contributed by atoms with Crippen molar-refractivity contribution in [2.45, 2.75) is 6.04 Å². The van der Waals surface area contributed by atoms with Crippen LogP contribution in [-0.2, 0) is 14.3 Å². The molecule has 0 unspecified atom stereocenters. The van der Waals surface area contributed by atoms with Crippen molar-refractivity contribution < 1.29 is 19.4 Å². The number of carboxylic acid groups (broad SMARTS) is 1. The van der Waals surface area contributed by atoms with Crippen LogP contribution < -0.4 is 5.73 Å². The first-order chi connectivity index (χ1) is 8.09. The Morgan fingerprint density at radius 2 is 2.00 bits per heavy atom. The standard InChI is InChI=1S/C12H13NO4/c13-10(12(15)16)8-17-11(14)7-6-9-4-2-1-3-5-9/h1-7,10H,8,13H2,(H,15,16)/b7-6+/t10-/m0/s1. The van der Waals surface area contributed by atoms with E-state index in [9.17, 15) is 9.59 Å². The van der Waals surface area contributed by atoms with Crippen molar-refractivity contribution in [3.8, 4) is 0 Å². The number of benzene rings is 1. The van der Waals surface area contributed by atoms with E-state index in [-0.39, 0.29) is 6.61 Å². The van der Waals surface area contributed by atoms with Gasteiger partial charge in [-0.3, -0.25) is 4.79 Å². The minimum absolute atomic E-state index is 0.340. The fraction of sp³-hybridized carbons (Fsp3) is 0.167. The number of carbonyl (C=O) groups excluding carboxylic acids is 1. The molecule has 90 valence electrons. The van der Waals surface area contributed by atoms with Crippen molar-refractivity contribution in [2.24, 2.45) is 5.73 Å². The topological polar surface area (TPSA) is 89.6 Å². The van der Waals surface area contributed by atoms with E-state index in [1.807, 2.05) is 30.3 Å². The second-order valence-electron chi connectivity index (χ2n) is 3.32. The molecule has 0 aliphatic carbocycles. The Hall–Kier alpha value is -2.14. The van der Waals surface area contributed by atoms with Gasteiger partial charge in [-0.1, -0.05) is 30.3 Å². The summed E-state index contributed by atoms with van der Waals surface area (Å²) < 4.78 is 4.66. The van der Waals surface area contributed by atoms with Crippen molar-refractivity contribution in [3.63, 3.8) is 0 Å². The van der Waals surface area contributed by atoms with E-state index in [2.05, 4.69) is 4.74 Å². The molecule has 17 heavy (non-hydrogen) atoms. The largest absolute Gasteiger partial charge is 0.480 e. The third-order valence-electron chi connectivity index (χ3n) is 1.93. The minimum atomic E-state index is -1.20. The Morgan fingerprint density at radius 1 is 1.35 bits per heavy atom. The summed E-state index contributed by atoms with van der Waals surface area (Å²) in [6.45, 7) is -0.340. The lowest BCUT2D eigenvalue weighted by atomic mass is 10.2. The molecule has 0 saturated heterocycles. The van der Waals surface area contributed by atoms with Crippen LogP contribution in [0.5, 0.6) is 0 Å². The van der Waals surface area contributed by atoms with Crippen molar-refractivity contribution in [3.05, 3.63) is 42.0 Å². The lowest BCUT2D eigenvalue weighted by Crippen LogP contribution is -2.35. The summed E-state index contributed by atoms with van der Waals surface area (Å²) in [4.78, 5) is 21.5. The Labute approximate surface area is 98.5 Å². The number of rotatable bonds is 5. The molecular formula is C12H13NO4. The maximum atomic E-state index is 11.2. The van der Waals surface area contributed by atoms with E-state index in [1.54, 1.807) is 6.08 Å². The third kappa shape index (κ3) is 4.94. The van der Waals surface area contributed by atoms with Crippen LogP contribution >= 0.6 is 0 Å². The highest BCUT2D eigenvalue weighted by molar-refractivity contribution is 5.87. The summed E-state index contributed by atoms with van der Waals surface area (Å²) in [5, 5.41) is 8.47. The number of hydrogen-bond acceptors (Lipinski definition) is 4.